The lowest BCUT2D eigenvalue weighted by atomic mass is 9.95. The normalized spacial score (nSPS) is 22.0. The zero-order chi connectivity index (χ0) is 15.6. The molecule has 21 heavy (non-hydrogen) atoms. The monoisotopic (exact) mass is 301 g/mol. The number of carboxylic acids is 1. The number of rotatable bonds is 3. The van der Waals surface area contributed by atoms with E-state index in [9.17, 15) is 22.8 Å². The molecule has 1 saturated carbocycles. The number of nitrogens with one attached hydrogen (secondary N) is 1. The summed E-state index contributed by atoms with van der Waals surface area (Å²) in [5.41, 5.74) is -0.840. The van der Waals surface area contributed by atoms with Gasteiger partial charge in [0.05, 0.1) is 17.4 Å². The summed E-state index contributed by atoms with van der Waals surface area (Å²) in [6, 6.07) is 4.29. The Labute approximate surface area is 119 Å². The van der Waals surface area contributed by atoms with Crippen molar-refractivity contribution in [2.75, 3.05) is 5.32 Å². The van der Waals surface area contributed by atoms with Crippen LogP contribution in [0.3, 0.4) is 0 Å². The number of halogens is 3. The number of hydrogen-bond acceptors (Lipinski definition) is 2. The fourth-order valence-electron chi connectivity index (χ4n) is 2.58. The first-order chi connectivity index (χ1) is 9.79. The SMILES string of the molecule is O=C(O)C1CCCC1C(=O)Nc1cccc(C(F)(F)F)c1. The zero-order valence-electron chi connectivity index (χ0n) is 11.0. The van der Waals surface area contributed by atoms with E-state index < -0.39 is 35.5 Å². The van der Waals surface area contributed by atoms with E-state index in [1.54, 1.807) is 0 Å². The predicted molar refractivity (Wildman–Crippen MR) is 68.5 cm³/mol. The van der Waals surface area contributed by atoms with Gasteiger partial charge in [0, 0.05) is 5.69 Å². The highest BCUT2D eigenvalue weighted by Crippen LogP contribution is 2.34. The van der Waals surface area contributed by atoms with Crippen LogP contribution in [0.1, 0.15) is 24.8 Å². The highest BCUT2D eigenvalue weighted by Gasteiger charge is 2.38. The van der Waals surface area contributed by atoms with E-state index in [1.165, 1.54) is 12.1 Å². The smallest absolute Gasteiger partial charge is 0.416 e. The fraction of sp³-hybridized carbons (Fsp3) is 0.429. The molecule has 0 spiro atoms. The molecule has 1 amide bonds. The Morgan fingerprint density at radius 1 is 1.19 bits per heavy atom. The second kappa shape index (κ2) is 5.75. The van der Waals surface area contributed by atoms with E-state index in [-0.39, 0.29) is 5.69 Å². The summed E-state index contributed by atoms with van der Waals surface area (Å²) >= 11 is 0. The maximum absolute atomic E-state index is 12.6. The molecule has 4 nitrogen and oxygen atoms in total. The van der Waals surface area contributed by atoms with Crippen molar-refractivity contribution in [2.45, 2.75) is 25.4 Å². The van der Waals surface area contributed by atoms with Crippen LogP contribution in [0.25, 0.3) is 0 Å². The van der Waals surface area contributed by atoms with E-state index in [1.807, 2.05) is 0 Å². The number of anilines is 1. The molecule has 2 N–H and O–H groups in total. The van der Waals surface area contributed by atoms with E-state index in [2.05, 4.69) is 5.32 Å². The molecule has 0 bridgehead atoms. The lowest BCUT2D eigenvalue weighted by Gasteiger charge is -2.16. The Bertz CT molecular complexity index is 557. The quantitative estimate of drug-likeness (QED) is 0.901. The third-order valence-electron chi connectivity index (χ3n) is 3.63. The maximum atomic E-state index is 12.6. The molecule has 7 heteroatoms. The Kier molecular flexibility index (Phi) is 4.20. The van der Waals surface area contributed by atoms with Crippen LogP contribution in [0.15, 0.2) is 24.3 Å². The molecule has 1 fully saturated rings. The van der Waals surface area contributed by atoms with Crippen molar-refractivity contribution in [3.05, 3.63) is 29.8 Å². The van der Waals surface area contributed by atoms with Crippen molar-refractivity contribution >= 4 is 17.6 Å². The van der Waals surface area contributed by atoms with Gasteiger partial charge in [0.15, 0.2) is 0 Å². The minimum Gasteiger partial charge on any atom is -0.481 e. The lowest BCUT2D eigenvalue weighted by molar-refractivity contribution is -0.145. The summed E-state index contributed by atoms with van der Waals surface area (Å²) in [6.45, 7) is 0. The van der Waals surface area contributed by atoms with Crippen molar-refractivity contribution in [1.82, 2.24) is 0 Å². The highest BCUT2D eigenvalue weighted by molar-refractivity contribution is 5.95. The van der Waals surface area contributed by atoms with Gasteiger partial charge in [0.1, 0.15) is 0 Å². The minimum absolute atomic E-state index is 0.0193. The van der Waals surface area contributed by atoms with Crippen molar-refractivity contribution in [3.63, 3.8) is 0 Å². The van der Waals surface area contributed by atoms with Crippen LogP contribution in [0.2, 0.25) is 0 Å². The molecular weight excluding hydrogens is 287 g/mol. The molecule has 1 aromatic carbocycles. The molecule has 114 valence electrons. The minimum atomic E-state index is -4.49. The number of benzene rings is 1. The maximum Gasteiger partial charge on any atom is 0.416 e. The van der Waals surface area contributed by atoms with Gasteiger partial charge in [-0.25, -0.2) is 0 Å². The van der Waals surface area contributed by atoms with Gasteiger partial charge in [-0.1, -0.05) is 12.5 Å². The van der Waals surface area contributed by atoms with Gasteiger partial charge in [-0.05, 0) is 31.0 Å². The zero-order valence-corrected chi connectivity index (χ0v) is 11.0. The summed E-state index contributed by atoms with van der Waals surface area (Å²) in [4.78, 5) is 23.1. The van der Waals surface area contributed by atoms with Gasteiger partial charge in [0.25, 0.3) is 0 Å². The third kappa shape index (κ3) is 3.53. The van der Waals surface area contributed by atoms with Gasteiger partial charge in [-0.2, -0.15) is 13.2 Å². The van der Waals surface area contributed by atoms with E-state index in [0.29, 0.717) is 19.3 Å². The van der Waals surface area contributed by atoms with E-state index in [4.69, 9.17) is 5.11 Å². The van der Waals surface area contributed by atoms with E-state index >= 15 is 0 Å². The van der Waals surface area contributed by atoms with Gasteiger partial charge in [0.2, 0.25) is 5.91 Å². The van der Waals surface area contributed by atoms with Crippen LogP contribution < -0.4 is 5.32 Å². The molecule has 0 aliphatic heterocycles. The van der Waals surface area contributed by atoms with Crippen LogP contribution >= 0.6 is 0 Å². The van der Waals surface area contributed by atoms with Crippen LogP contribution in [0, 0.1) is 11.8 Å². The number of alkyl halides is 3. The Morgan fingerprint density at radius 3 is 2.48 bits per heavy atom. The standard InChI is InChI=1S/C14H14F3NO3/c15-14(16,17)8-3-1-4-9(7-8)18-12(19)10-5-2-6-11(10)13(20)21/h1,3-4,7,10-11H,2,5-6H2,(H,18,19)(H,20,21). The molecular formula is C14H14F3NO3. The summed E-state index contributed by atoms with van der Waals surface area (Å²) < 4.78 is 37.8. The van der Waals surface area contributed by atoms with Crippen molar-refractivity contribution in [1.29, 1.82) is 0 Å². The van der Waals surface area contributed by atoms with Gasteiger partial charge in [-0.3, -0.25) is 9.59 Å². The van der Waals surface area contributed by atoms with Crippen LogP contribution in [-0.4, -0.2) is 17.0 Å². The number of carbonyl (C=O) groups excluding carboxylic acids is 1. The van der Waals surface area contributed by atoms with Crippen molar-refractivity contribution in [2.24, 2.45) is 11.8 Å². The lowest BCUT2D eigenvalue weighted by Crippen LogP contribution is -2.30. The molecule has 2 rings (SSSR count). The second-order valence-corrected chi connectivity index (χ2v) is 5.05. The first-order valence-corrected chi connectivity index (χ1v) is 6.50. The van der Waals surface area contributed by atoms with Crippen molar-refractivity contribution in [3.8, 4) is 0 Å². The second-order valence-electron chi connectivity index (χ2n) is 5.05. The number of hydrogen-bond donors (Lipinski definition) is 2. The van der Waals surface area contributed by atoms with E-state index in [0.717, 1.165) is 12.1 Å². The molecule has 1 aliphatic carbocycles. The molecule has 1 aliphatic rings. The Balaban J connectivity index is 2.11. The summed E-state index contributed by atoms with van der Waals surface area (Å²) in [5, 5.41) is 11.4. The summed E-state index contributed by atoms with van der Waals surface area (Å²) in [7, 11) is 0. The first-order valence-electron chi connectivity index (χ1n) is 6.50. The average Bonchev–Trinajstić information content (AvgIpc) is 2.87. The van der Waals surface area contributed by atoms with Gasteiger partial charge < -0.3 is 10.4 Å². The molecule has 2 unspecified atom stereocenters. The number of aliphatic carboxylic acids is 1. The van der Waals surface area contributed by atoms with Gasteiger partial charge >= 0.3 is 12.1 Å². The summed E-state index contributed by atoms with van der Waals surface area (Å²) in [5.74, 6) is -3.05. The Hall–Kier alpha value is -2.05. The van der Waals surface area contributed by atoms with Crippen LogP contribution in [-0.2, 0) is 15.8 Å². The first kappa shape index (κ1) is 15.3. The topological polar surface area (TPSA) is 66.4 Å². The largest absolute Gasteiger partial charge is 0.481 e. The van der Waals surface area contributed by atoms with Crippen molar-refractivity contribution < 1.29 is 27.9 Å². The van der Waals surface area contributed by atoms with Crippen LogP contribution in [0.5, 0.6) is 0 Å². The molecule has 1 aromatic rings. The predicted octanol–water partition coefficient (Wildman–Crippen LogP) is 3.14. The third-order valence-corrected chi connectivity index (χ3v) is 3.63. The Morgan fingerprint density at radius 2 is 1.86 bits per heavy atom. The number of carbonyl (C=O) groups is 2. The molecule has 2 atom stereocenters. The summed E-state index contributed by atoms with van der Waals surface area (Å²) in [6.07, 6.45) is -3.02. The molecule has 0 saturated heterocycles. The molecule has 0 aromatic heterocycles. The van der Waals surface area contributed by atoms with Gasteiger partial charge in [-0.15, -0.1) is 0 Å². The number of carboxylic acid groups (broad SMARTS) is 1. The fourth-order valence-corrected chi connectivity index (χ4v) is 2.58. The van der Waals surface area contributed by atoms with Crippen LogP contribution in [0.4, 0.5) is 18.9 Å². The molecule has 0 radical (unpaired) electrons. The average molecular weight is 301 g/mol. The number of amides is 1. The molecule has 0 heterocycles. The highest BCUT2D eigenvalue weighted by atomic mass is 19.4.